The van der Waals surface area contributed by atoms with Gasteiger partial charge in [-0.05, 0) is 18.6 Å². The van der Waals surface area contributed by atoms with E-state index in [0.29, 0.717) is 15.7 Å². The van der Waals surface area contributed by atoms with Crippen molar-refractivity contribution in [1.29, 1.82) is 0 Å². The zero-order chi connectivity index (χ0) is 13.4. The normalized spacial score (nSPS) is 10.6. The van der Waals surface area contributed by atoms with Crippen molar-refractivity contribution in [2.75, 3.05) is 17.6 Å². The Balaban J connectivity index is 2.25. The summed E-state index contributed by atoms with van der Waals surface area (Å²) in [5.41, 5.74) is 7.39. The Hall–Kier alpha value is -0.600. The molecule has 0 unspecified atom stereocenters. The van der Waals surface area contributed by atoms with Gasteiger partial charge in [-0.25, -0.2) is 0 Å². The fraction of sp³-hybridized carbons (Fsp3) is 0.571. The molecule has 0 aliphatic carbocycles. The van der Waals surface area contributed by atoms with E-state index in [-0.39, 0.29) is 0 Å². The average Bonchev–Trinajstić information content (AvgIpc) is 2.34. The van der Waals surface area contributed by atoms with Crippen molar-refractivity contribution in [2.45, 2.75) is 45.4 Å². The van der Waals surface area contributed by atoms with Gasteiger partial charge in [-0.2, -0.15) is 0 Å². The van der Waals surface area contributed by atoms with Gasteiger partial charge in [0, 0.05) is 6.54 Å². The number of nitrogens with two attached hydrogens (primary N) is 1. The molecule has 0 spiro atoms. The zero-order valence-electron chi connectivity index (χ0n) is 10.9. The van der Waals surface area contributed by atoms with Gasteiger partial charge in [0.05, 0.1) is 21.4 Å². The maximum absolute atomic E-state index is 5.96. The van der Waals surface area contributed by atoms with Crippen LogP contribution >= 0.6 is 23.2 Å². The Morgan fingerprint density at radius 1 is 1.00 bits per heavy atom. The maximum atomic E-state index is 5.96. The molecule has 0 aliphatic rings. The maximum Gasteiger partial charge on any atom is 0.0614 e. The summed E-state index contributed by atoms with van der Waals surface area (Å²) < 4.78 is 0. The lowest BCUT2D eigenvalue weighted by Crippen LogP contribution is -2.04. The van der Waals surface area contributed by atoms with Crippen molar-refractivity contribution in [3.63, 3.8) is 0 Å². The number of hydrogen-bond donors (Lipinski definition) is 2. The van der Waals surface area contributed by atoms with E-state index in [1.165, 1.54) is 32.1 Å². The second-order valence-electron chi connectivity index (χ2n) is 4.55. The number of rotatable bonds is 8. The fourth-order valence-electron chi connectivity index (χ4n) is 1.84. The number of nitrogen functional groups attached to an aromatic ring is 1. The minimum atomic E-state index is 0.499. The highest BCUT2D eigenvalue weighted by Crippen LogP contribution is 2.30. The highest BCUT2D eigenvalue weighted by Gasteiger charge is 2.04. The lowest BCUT2D eigenvalue weighted by molar-refractivity contribution is 0.617. The molecule has 0 amide bonds. The average molecular weight is 289 g/mol. The molecule has 0 aliphatic heterocycles. The third-order valence-electron chi connectivity index (χ3n) is 2.94. The van der Waals surface area contributed by atoms with Crippen LogP contribution in [0, 0.1) is 0 Å². The van der Waals surface area contributed by atoms with E-state index in [9.17, 15) is 0 Å². The van der Waals surface area contributed by atoms with Gasteiger partial charge in [0.15, 0.2) is 0 Å². The molecule has 1 rings (SSSR count). The molecule has 0 heterocycles. The first-order valence-electron chi connectivity index (χ1n) is 6.63. The topological polar surface area (TPSA) is 38.0 Å². The summed E-state index contributed by atoms with van der Waals surface area (Å²) in [7, 11) is 0. The molecule has 0 aromatic heterocycles. The van der Waals surface area contributed by atoms with E-state index >= 15 is 0 Å². The van der Waals surface area contributed by atoms with Gasteiger partial charge in [-0.1, -0.05) is 62.2 Å². The minimum Gasteiger partial charge on any atom is -0.397 e. The van der Waals surface area contributed by atoms with Crippen LogP contribution in [0.25, 0.3) is 0 Å². The molecule has 18 heavy (non-hydrogen) atoms. The Bertz CT molecular complexity index is 367. The number of anilines is 2. The summed E-state index contributed by atoms with van der Waals surface area (Å²) in [4.78, 5) is 0. The fourth-order valence-corrected chi connectivity index (χ4v) is 2.18. The molecule has 0 fully saturated rings. The molecule has 0 saturated heterocycles. The number of hydrogen-bond acceptors (Lipinski definition) is 2. The predicted molar refractivity (Wildman–Crippen MR) is 82.7 cm³/mol. The van der Waals surface area contributed by atoms with Crippen LogP contribution in [-0.4, -0.2) is 6.54 Å². The third kappa shape index (κ3) is 5.36. The van der Waals surface area contributed by atoms with Gasteiger partial charge in [0.25, 0.3) is 0 Å². The van der Waals surface area contributed by atoms with Crippen LogP contribution in [0.4, 0.5) is 11.4 Å². The van der Waals surface area contributed by atoms with Gasteiger partial charge in [-0.3, -0.25) is 0 Å². The lowest BCUT2D eigenvalue weighted by Gasteiger charge is -2.10. The SMILES string of the molecule is CCCCCCCCNc1cc(Cl)c(Cl)cc1N. The first kappa shape index (κ1) is 15.5. The van der Waals surface area contributed by atoms with E-state index in [4.69, 9.17) is 28.9 Å². The Morgan fingerprint density at radius 2 is 1.61 bits per heavy atom. The summed E-state index contributed by atoms with van der Waals surface area (Å²) in [6.45, 7) is 3.16. The van der Waals surface area contributed by atoms with Crippen LogP contribution < -0.4 is 11.1 Å². The predicted octanol–water partition coefficient (Wildman–Crippen LogP) is 5.35. The standard InChI is InChI=1S/C14H22Cl2N2/c1-2-3-4-5-6-7-8-18-14-10-12(16)11(15)9-13(14)17/h9-10,18H,2-8,17H2,1H3. The van der Waals surface area contributed by atoms with Crippen LogP contribution in [0.3, 0.4) is 0 Å². The molecule has 0 bridgehead atoms. The first-order valence-corrected chi connectivity index (χ1v) is 7.39. The van der Waals surface area contributed by atoms with Crippen LogP contribution in [0.15, 0.2) is 12.1 Å². The highest BCUT2D eigenvalue weighted by atomic mass is 35.5. The Kier molecular flexibility index (Phi) is 7.29. The molecule has 0 saturated carbocycles. The van der Waals surface area contributed by atoms with E-state index < -0.39 is 0 Å². The molecule has 0 atom stereocenters. The van der Waals surface area contributed by atoms with Crippen LogP contribution in [0.2, 0.25) is 10.0 Å². The Labute approximate surface area is 120 Å². The van der Waals surface area contributed by atoms with Crippen molar-refractivity contribution < 1.29 is 0 Å². The minimum absolute atomic E-state index is 0.499. The van der Waals surface area contributed by atoms with Crippen LogP contribution in [0.5, 0.6) is 0 Å². The summed E-state index contributed by atoms with van der Waals surface area (Å²) in [6, 6.07) is 3.48. The van der Waals surface area contributed by atoms with Gasteiger partial charge in [0.2, 0.25) is 0 Å². The summed E-state index contributed by atoms with van der Waals surface area (Å²) >= 11 is 11.8. The third-order valence-corrected chi connectivity index (χ3v) is 3.66. The molecular formula is C14H22Cl2N2. The van der Waals surface area contributed by atoms with Crippen molar-refractivity contribution >= 4 is 34.6 Å². The number of unbranched alkanes of at least 4 members (excludes halogenated alkanes) is 5. The number of halogens is 2. The molecule has 1 aromatic carbocycles. The van der Waals surface area contributed by atoms with Gasteiger partial charge in [0.1, 0.15) is 0 Å². The van der Waals surface area contributed by atoms with Gasteiger partial charge < -0.3 is 11.1 Å². The summed E-state index contributed by atoms with van der Waals surface area (Å²) in [5, 5.41) is 4.34. The molecular weight excluding hydrogens is 267 g/mol. The molecule has 2 nitrogen and oxygen atoms in total. The van der Waals surface area contributed by atoms with Crippen molar-refractivity contribution in [1.82, 2.24) is 0 Å². The highest BCUT2D eigenvalue weighted by molar-refractivity contribution is 6.42. The summed E-state index contributed by atoms with van der Waals surface area (Å²) in [6.07, 6.45) is 7.70. The summed E-state index contributed by atoms with van der Waals surface area (Å²) in [5.74, 6) is 0. The monoisotopic (exact) mass is 288 g/mol. The molecule has 3 N–H and O–H groups in total. The van der Waals surface area contributed by atoms with E-state index in [2.05, 4.69) is 12.2 Å². The van der Waals surface area contributed by atoms with Gasteiger partial charge in [-0.15, -0.1) is 0 Å². The quantitative estimate of drug-likeness (QED) is 0.500. The zero-order valence-corrected chi connectivity index (χ0v) is 12.4. The van der Waals surface area contributed by atoms with Crippen LogP contribution in [0.1, 0.15) is 45.4 Å². The van der Waals surface area contributed by atoms with Gasteiger partial charge >= 0.3 is 0 Å². The van der Waals surface area contributed by atoms with Crippen molar-refractivity contribution in [2.24, 2.45) is 0 Å². The first-order chi connectivity index (χ1) is 8.65. The molecule has 0 radical (unpaired) electrons. The second-order valence-corrected chi connectivity index (χ2v) is 5.36. The number of nitrogens with one attached hydrogen (secondary N) is 1. The number of benzene rings is 1. The Morgan fingerprint density at radius 3 is 2.33 bits per heavy atom. The van der Waals surface area contributed by atoms with Crippen molar-refractivity contribution in [3.05, 3.63) is 22.2 Å². The molecule has 4 heteroatoms. The lowest BCUT2D eigenvalue weighted by atomic mass is 10.1. The van der Waals surface area contributed by atoms with E-state index in [1.54, 1.807) is 12.1 Å². The molecule has 1 aromatic rings. The van der Waals surface area contributed by atoms with Crippen molar-refractivity contribution in [3.8, 4) is 0 Å². The smallest absolute Gasteiger partial charge is 0.0614 e. The molecule has 102 valence electrons. The largest absolute Gasteiger partial charge is 0.397 e. The van der Waals surface area contributed by atoms with Crippen LogP contribution in [-0.2, 0) is 0 Å². The second kappa shape index (κ2) is 8.49. The van der Waals surface area contributed by atoms with E-state index in [1.807, 2.05) is 0 Å². The van der Waals surface area contributed by atoms with E-state index in [0.717, 1.165) is 18.7 Å².